The Hall–Kier alpha value is -4.09. The van der Waals surface area contributed by atoms with Crippen LogP contribution in [0.4, 0.5) is 0 Å². The highest BCUT2D eigenvalue weighted by Crippen LogP contribution is 2.32. The number of rotatable bonds is 11. The largest absolute Gasteiger partial charge is 0.481 e. The summed E-state index contributed by atoms with van der Waals surface area (Å²) in [7, 11) is 2.89. The summed E-state index contributed by atoms with van der Waals surface area (Å²) in [5.41, 5.74) is 3.32. The van der Waals surface area contributed by atoms with Crippen LogP contribution in [0.5, 0.6) is 0 Å². The Bertz CT molecular complexity index is 1320. The molecule has 2 amide bonds. The van der Waals surface area contributed by atoms with Gasteiger partial charge in [-0.05, 0) is 30.0 Å². The second kappa shape index (κ2) is 15.6. The van der Waals surface area contributed by atoms with Gasteiger partial charge < -0.3 is 20.0 Å². The van der Waals surface area contributed by atoms with Crippen molar-refractivity contribution in [3.8, 4) is 0 Å². The van der Waals surface area contributed by atoms with E-state index in [1.807, 2.05) is 71.6 Å². The molecule has 0 bridgehead atoms. The molecule has 3 aromatic carbocycles. The molecule has 0 aliphatic carbocycles. The molecule has 3 atom stereocenters. The van der Waals surface area contributed by atoms with Gasteiger partial charge in [0.15, 0.2) is 0 Å². The molecule has 1 unspecified atom stereocenters. The van der Waals surface area contributed by atoms with Crippen molar-refractivity contribution in [2.75, 3.05) is 33.8 Å². The Balaban J connectivity index is 0.00000216. The lowest BCUT2D eigenvalue weighted by atomic mass is 9.90. The molecule has 0 radical (unpaired) electrons. The van der Waals surface area contributed by atoms with Gasteiger partial charge >= 0.3 is 5.97 Å². The third kappa shape index (κ3) is 7.70. The van der Waals surface area contributed by atoms with Gasteiger partial charge in [-0.3, -0.25) is 19.7 Å². The SMILES string of the molecule is CC(NCc1ccccc1)N1[C@H]2CN(CC(c3ccccc3)c3ccccc3)C(=O)[C@H](CCC(=O)O)N2C(=O)CN1C.CO. The number of carbonyl (C=O) groups is 3. The first-order valence-electron chi connectivity index (χ1n) is 15.0. The quantitative estimate of drug-likeness (QED) is 0.307. The van der Waals surface area contributed by atoms with Crippen LogP contribution in [-0.2, 0) is 20.9 Å². The first-order chi connectivity index (χ1) is 21.3. The third-order valence-corrected chi connectivity index (χ3v) is 8.27. The minimum atomic E-state index is -0.987. The smallest absolute Gasteiger partial charge is 0.303 e. The van der Waals surface area contributed by atoms with Gasteiger partial charge in [0.05, 0.1) is 19.3 Å². The molecule has 10 heteroatoms. The minimum absolute atomic E-state index is 0.0671. The number of likely N-dealkylation sites (N-methyl/N-ethyl adjacent to an activating group) is 1. The van der Waals surface area contributed by atoms with Gasteiger partial charge in [0.2, 0.25) is 11.8 Å². The summed E-state index contributed by atoms with van der Waals surface area (Å²) < 4.78 is 0. The van der Waals surface area contributed by atoms with E-state index >= 15 is 0 Å². The monoisotopic (exact) mass is 601 g/mol. The van der Waals surface area contributed by atoms with Gasteiger partial charge in [-0.1, -0.05) is 91.0 Å². The number of nitrogens with one attached hydrogen (secondary N) is 1. The first-order valence-corrected chi connectivity index (χ1v) is 15.0. The fourth-order valence-electron chi connectivity index (χ4n) is 6.24. The van der Waals surface area contributed by atoms with Crippen LogP contribution in [0.2, 0.25) is 0 Å². The van der Waals surface area contributed by atoms with E-state index in [9.17, 15) is 19.5 Å². The molecule has 2 aliphatic heterocycles. The number of hydrogen-bond acceptors (Lipinski definition) is 7. The fraction of sp³-hybridized carbons (Fsp3) is 0.382. The Morgan fingerprint density at radius 2 is 1.45 bits per heavy atom. The van der Waals surface area contributed by atoms with Gasteiger partial charge in [0.1, 0.15) is 12.2 Å². The second-order valence-corrected chi connectivity index (χ2v) is 11.1. The Kier molecular flexibility index (Phi) is 11.6. The number of aliphatic carboxylic acids is 1. The van der Waals surface area contributed by atoms with Crippen LogP contribution in [0.25, 0.3) is 0 Å². The normalized spacial score (nSPS) is 19.8. The van der Waals surface area contributed by atoms with E-state index in [0.717, 1.165) is 23.8 Å². The van der Waals surface area contributed by atoms with E-state index < -0.39 is 18.2 Å². The van der Waals surface area contributed by atoms with Crippen molar-refractivity contribution in [2.45, 2.75) is 50.6 Å². The van der Waals surface area contributed by atoms with E-state index in [0.29, 0.717) is 19.6 Å². The first kappa shape index (κ1) is 32.8. The molecule has 0 aromatic heterocycles. The standard InChI is InChI=1S/C33H39N5O4.CH4O/c1-24(34-20-25-12-6-3-7-13-25)38-30-22-36(21-28(26-14-8-4-9-15-26)27-16-10-5-11-17-27)33(42)29(18-19-32(40)41)37(30)31(39)23-35(38)2;1-2/h3-17,24,28-30,34H,18-23H2,1-2H3,(H,40,41);2H,1H3/t24?,29-,30-;/m0./s1. The fourth-order valence-corrected chi connectivity index (χ4v) is 6.24. The number of nitrogens with zero attached hydrogens (tertiary/aromatic N) is 4. The molecule has 3 N–H and O–H groups in total. The van der Waals surface area contributed by atoms with Crippen molar-refractivity contribution >= 4 is 17.8 Å². The molecular weight excluding hydrogens is 558 g/mol. The van der Waals surface area contributed by atoms with E-state index in [1.54, 1.807) is 4.90 Å². The maximum atomic E-state index is 14.1. The molecule has 2 fully saturated rings. The summed E-state index contributed by atoms with van der Waals surface area (Å²) in [6, 6.07) is 29.5. The molecule has 2 heterocycles. The third-order valence-electron chi connectivity index (χ3n) is 8.27. The molecule has 0 spiro atoms. The van der Waals surface area contributed by atoms with Crippen LogP contribution >= 0.6 is 0 Å². The zero-order valence-corrected chi connectivity index (χ0v) is 25.6. The molecule has 5 rings (SSSR count). The highest BCUT2D eigenvalue weighted by atomic mass is 16.4. The lowest BCUT2D eigenvalue weighted by molar-refractivity contribution is -0.210. The summed E-state index contributed by atoms with van der Waals surface area (Å²) in [6.45, 7) is 3.53. The van der Waals surface area contributed by atoms with Gasteiger partial charge in [0, 0.05) is 39.6 Å². The summed E-state index contributed by atoms with van der Waals surface area (Å²) >= 11 is 0. The number of fused-ring (bicyclic) bond motifs is 1. The van der Waals surface area contributed by atoms with Crippen molar-refractivity contribution < 1.29 is 24.6 Å². The van der Waals surface area contributed by atoms with Crippen molar-refractivity contribution in [3.05, 3.63) is 108 Å². The van der Waals surface area contributed by atoms with E-state index in [2.05, 4.69) is 53.6 Å². The highest BCUT2D eigenvalue weighted by molar-refractivity contribution is 5.90. The van der Waals surface area contributed by atoms with Crippen LogP contribution in [-0.4, -0.2) is 100.0 Å². The lowest BCUT2D eigenvalue weighted by Gasteiger charge is -2.56. The molecule has 10 nitrogen and oxygen atoms in total. The number of benzene rings is 3. The van der Waals surface area contributed by atoms with Gasteiger partial charge in [-0.15, -0.1) is 0 Å². The van der Waals surface area contributed by atoms with Crippen molar-refractivity contribution in [3.63, 3.8) is 0 Å². The van der Waals surface area contributed by atoms with Crippen LogP contribution in [0.3, 0.4) is 0 Å². The van der Waals surface area contributed by atoms with Gasteiger partial charge in [-0.2, -0.15) is 0 Å². The zero-order valence-electron chi connectivity index (χ0n) is 25.6. The Morgan fingerprint density at radius 3 is 2.00 bits per heavy atom. The predicted molar refractivity (Wildman–Crippen MR) is 168 cm³/mol. The number of aliphatic hydroxyl groups is 1. The summed E-state index contributed by atoms with van der Waals surface area (Å²) in [5, 5.41) is 24.1. The number of carbonyl (C=O) groups excluding carboxylic acids is 2. The number of carboxylic acid groups (broad SMARTS) is 1. The van der Waals surface area contributed by atoms with E-state index in [4.69, 9.17) is 5.11 Å². The average Bonchev–Trinajstić information content (AvgIpc) is 3.04. The maximum Gasteiger partial charge on any atom is 0.303 e. The number of piperazine rings is 1. The van der Waals surface area contributed by atoms with Crippen LogP contribution < -0.4 is 5.32 Å². The summed E-state index contributed by atoms with van der Waals surface area (Å²) in [6.07, 6.45) is -0.736. The molecule has 3 aromatic rings. The van der Waals surface area contributed by atoms with Gasteiger partial charge in [-0.25, -0.2) is 10.0 Å². The van der Waals surface area contributed by atoms with Crippen LogP contribution in [0, 0.1) is 0 Å². The van der Waals surface area contributed by atoms with Crippen molar-refractivity contribution in [1.29, 1.82) is 0 Å². The molecule has 0 saturated carbocycles. The molecule has 234 valence electrons. The van der Waals surface area contributed by atoms with E-state index in [1.165, 1.54) is 0 Å². The number of hydrogen-bond donors (Lipinski definition) is 3. The molecule has 2 saturated heterocycles. The molecule has 44 heavy (non-hydrogen) atoms. The predicted octanol–water partition coefficient (Wildman–Crippen LogP) is 2.96. The van der Waals surface area contributed by atoms with Crippen LogP contribution in [0.15, 0.2) is 91.0 Å². The van der Waals surface area contributed by atoms with E-state index in [-0.39, 0.29) is 43.3 Å². The number of aliphatic hydroxyl groups excluding tert-OH is 1. The maximum absolute atomic E-state index is 14.1. The molecule has 2 aliphatic rings. The number of carboxylic acids is 1. The summed E-state index contributed by atoms with van der Waals surface area (Å²) in [5.74, 6) is -1.44. The number of hydrazine groups is 1. The van der Waals surface area contributed by atoms with Gasteiger partial charge in [0.25, 0.3) is 0 Å². The Labute approximate surface area is 259 Å². The van der Waals surface area contributed by atoms with Crippen molar-refractivity contribution in [1.82, 2.24) is 25.1 Å². The summed E-state index contributed by atoms with van der Waals surface area (Å²) in [4.78, 5) is 42.7. The molecular formula is C34H43N5O5. The second-order valence-electron chi connectivity index (χ2n) is 11.1. The minimum Gasteiger partial charge on any atom is -0.481 e. The average molecular weight is 602 g/mol. The Morgan fingerprint density at radius 1 is 0.909 bits per heavy atom. The number of amides is 2. The lowest BCUT2D eigenvalue weighted by Crippen LogP contribution is -2.76. The van der Waals surface area contributed by atoms with Crippen molar-refractivity contribution in [2.24, 2.45) is 0 Å². The topological polar surface area (TPSA) is 117 Å². The highest BCUT2D eigenvalue weighted by Gasteiger charge is 2.50. The zero-order chi connectivity index (χ0) is 31.6. The van der Waals surface area contributed by atoms with Crippen LogP contribution in [0.1, 0.15) is 42.4 Å².